The zero-order valence-electron chi connectivity index (χ0n) is 14.8. The van der Waals surface area contributed by atoms with Crippen LogP contribution in [0.15, 0.2) is 42.5 Å². The Morgan fingerprint density at radius 1 is 1.12 bits per heavy atom. The van der Waals surface area contributed by atoms with Crippen molar-refractivity contribution in [1.82, 2.24) is 5.32 Å². The molecule has 0 spiro atoms. The Morgan fingerprint density at radius 3 is 2.46 bits per heavy atom. The first-order chi connectivity index (χ1) is 11.5. The number of carbonyl (C=O) groups is 1. The Bertz CT molecular complexity index is 680. The number of benzene rings is 2. The van der Waals surface area contributed by atoms with Crippen molar-refractivity contribution in [3.63, 3.8) is 0 Å². The molecular weight excluding hydrogens is 302 g/mol. The van der Waals surface area contributed by atoms with Crippen molar-refractivity contribution in [2.45, 2.75) is 33.2 Å². The standard InChI is InChI=1S/C20H25NO3/c1-14-5-8-18(9-6-14)24-13-16(3)21-20(22)12-17-7-10-19(23-4)15(2)11-17/h5-11,16H,12-13H2,1-4H3,(H,21,22)/t16-/m1/s1. The molecule has 0 aromatic heterocycles. The van der Waals surface area contributed by atoms with Gasteiger partial charge in [-0.3, -0.25) is 4.79 Å². The zero-order chi connectivity index (χ0) is 17.5. The van der Waals surface area contributed by atoms with E-state index in [2.05, 4.69) is 5.32 Å². The Labute approximate surface area is 143 Å². The fraction of sp³-hybridized carbons (Fsp3) is 0.350. The van der Waals surface area contributed by atoms with Crippen molar-refractivity contribution in [2.75, 3.05) is 13.7 Å². The SMILES string of the molecule is COc1ccc(CC(=O)N[C@H](C)COc2ccc(C)cc2)cc1C. The first-order valence-corrected chi connectivity index (χ1v) is 8.10. The number of nitrogens with one attached hydrogen (secondary N) is 1. The van der Waals surface area contributed by atoms with Crippen LogP contribution in [0.4, 0.5) is 0 Å². The summed E-state index contributed by atoms with van der Waals surface area (Å²) in [5.74, 6) is 1.63. The van der Waals surface area contributed by atoms with Crippen molar-refractivity contribution in [2.24, 2.45) is 0 Å². The molecule has 0 aliphatic heterocycles. The van der Waals surface area contributed by atoms with Crippen molar-refractivity contribution in [3.05, 3.63) is 59.2 Å². The highest BCUT2D eigenvalue weighted by Crippen LogP contribution is 2.18. The summed E-state index contributed by atoms with van der Waals surface area (Å²) in [6.45, 7) is 6.38. The van der Waals surface area contributed by atoms with Crippen LogP contribution in [-0.2, 0) is 11.2 Å². The van der Waals surface area contributed by atoms with E-state index in [-0.39, 0.29) is 11.9 Å². The molecule has 0 fully saturated rings. The van der Waals surface area contributed by atoms with Crippen molar-refractivity contribution in [3.8, 4) is 11.5 Å². The lowest BCUT2D eigenvalue weighted by Crippen LogP contribution is -2.37. The van der Waals surface area contributed by atoms with Crippen molar-refractivity contribution < 1.29 is 14.3 Å². The Morgan fingerprint density at radius 2 is 1.83 bits per heavy atom. The topological polar surface area (TPSA) is 47.6 Å². The van der Waals surface area contributed by atoms with Crippen LogP contribution in [0.3, 0.4) is 0 Å². The van der Waals surface area contributed by atoms with Crippen LogP contribution in [0.2, 0.25) is 0 Å². The van der Waals surface area contributed by atoms with Gasteiger partial charge < -0.3 is 14.8 Å². The maximum absolute atomic E-state index is 12.1. The van der Waals surface area contributed by atoms with E-state index in [1.165, 1.54) is 5.56 Å². The van der Waals surface area contributed by atoms with Crippen LogP contribution in [0.5, 0.6) is 11.5 Å². The maximum Gasteiger partial charge on any atom is 0.224 e. The first kappa shape index (κ1) is 17.9. The van der Waals surface area contributed by atoms with E-state index >= 15 is 0 Å². The van der Waals surface area contributed by atoms with E-state index < -0.39 is 0 Å². The highest BCUT2D eigenvalue weighted by atomic mass is 16.5. The van der Waals surface area contributed by atoms with Crippen LogP contribution in [0.1, 0.15) is 23.6 Å². The molecule has 0 saturated heterocycles. The average molecular weight is 327 g/mol. The molecule has 0 aliphatic rings. The van der Waals surface area contributed by atoms with E-state index in [1.54, 1.807) is 7.11 Å². The Hall–Kier alpha value is -2.49. The van der Waals surface area contributed by atoms with Gasteiger partial charge in [-0.1, -0.05) is 29.8 Å². The van der Waals surface area contributed by atoms with E-state index in [0.29, 0.717) is 13.0 Å². The van der Waals surface area contributed by atoms with Gasteiger partial charge in [0.15, 0.2) is 0 Å². The molecule has 1 N–H and O–H groups in total. The van der Waals surface area contributed by atoms with Gasteiger partial charge >= 0.3 is 0 Å². The zero-order valence-corrected chi connectivity index (χ0v) is 14.8. The lowest BCUT2D eigenvalue weighted by Gasteiger charge is -2.15. The van der Waals surface area contributed by atoms with Gasteiger partial charge in [-0.2, -0.15) is 0 Å². The quantitative estimate of drug-likeness (QED) is 0.847. The summed E-state index contributed by atoms with van der Waals surface area (Å²) in [5, 5.41) is 2.96. The Kier molecular flexibility index (Phi) is 6.24. The number of hydrogen-bond acceptors (Lipinski definition) is 3. The minimum absolute atomic E-state index is 0.0143. The number of aryl methyl sites for hydroxylation is 2. The van der Waals surface area contributed by atoms with Crippen LogP contribution in [-0.4, -0.2) is 25.7 Å². The predicted octanol–water partition coefficient (Wildman–Crippen LogP) is 3.44. The molecule has 24 heavy (non-hydrogen) atoms. The summed E-state index contributed by atoms with van der Waals surface area (Å²) in [5.41, 5.74) is 3.19. The third-order valence-electron chi connectivity index (χ3n) is 3.75. The monoisotopic (exact) mass is 327 g/mol. The maximum atomic E-state index is 12.1. The molecular formula is C20H25NO3. The second kappa shape index (κ2) is 8.39. The van der Waals surface area contributed by atoms with Crippen LogP contribution in [0, 0.1) is 13.8 Å². The fourth-order valence-corrected chi connectivity index (χ4v) is 2.46. The summed E-state index contributed by atoms with van der Waals surface area (Å²) >= 11 is 0. The molecule has 0 saturated carbocycles. The Balaban J connectivity index is 1.80. The van der Waals surface area contributed by atoms with Crippen LogP contribution >= 0.6 is 0 Å². The molecule has 0 radical (unpaired) electrons. The molecule has 1 atom stereocenters. The van der Waals surface area contributed by atoms with E-state index in [4.69, 9.17) is 9.47 Å². The number of rotatable bonds is 7. The molecule has 4 heteroatoms. The molecule has 2 aromatic rings. The summed E-state index contributed by atoms with van der Waals surface area (Å²) in [6, 6.07) is 13.6. The number of hydrogen-bond donors (Lipinski definition) is 1. The summed E-state index contributed by atoms with van der Waals surface area (Å²) < 4.78 is 10.9. The molecule has 0 heterocycles. The molecule has 4 nitrogen and oxygen atoms in total. The molecule has 2 rings (SSSR count). The van der Waals surface area contributed by atoms with Gasteiger partial charge in [0.05, 0.1) is 19.6 Å². The lowest BCUT2D eigenvalue weighted by atomic mass is 10.1. The smallest absolute Gasteiger partial charge is 0.224 e. The lowest BCUT2D eigenvalue weighted by molar-refractivity contribution is -0.121. The average Bonchev–Trinajstić information content (AvgIpc) is 2.54. The van der Waals surface area contributed by atoms with Gasteiger partial charge in [0, 0.05) is 0 Å². The molecule has 0 unspecified atom stereocenters. The summed E-state index contributed by atoms with van der Waals surface area (Å²) in [4.78, 5) is 12.1. The second-order valence-electron chi connectivity index (χ2n) is 6.07. The highest BCUT2D eigenvalue weighted by molar-refractivity contribution is 5.79. The number of amides is 1. The van der Waals surface area contributed by atoms with Gasteiger partial charge in [-0.05, 0) is 50.1 Å². The van der Waals surface area contributed by atoms with Gasteiger partial charge in [-0.15, -0.1) is 0 Å². The van der Waals surface area contributed by atoms with Gasteiger partial charge in [0.2, 0.25) is 5.91 Å². The van der Waals surface area contributed by atoms with Crippen LogP contribution < -0.4 is 14.8 Å². The van der Waals surface area contributed by atoms with Crippen molar-refractivity contribution >= 4 is 5.91 Å². The number of methoxy groups -OCH3 is 1. The first-order valence-electron chi connectivity index (χ1n) is 8.10. The van der Waals surface area contributed by atoms with E-state index in [1.807, 2.05) is 63.2 Å². The number of ether oxygens (including phenoxy) is 2. The third-order valence-corrected chi connectivity index (χ3v) is 3.75. The minimum Gasteiger partial charge on any atom is -0.496 e. The third kappa shape index (κ3) is 5.30. The van der Waals surface area contributed by atoms with Gasteiger partial charge in [0.1, 0.15) is 18.1 Å². The number of carbonyl (C=O) groups excluding carboxylic acids is 1. The van der Waals surface area contributed by atoms with Crippen LogP contribution in [0.25, 0.3) is 0 Å². The summed E-state index contributed by atoms with van der Waals surface area (Å²) in [6.07, 6.45) is 0.347. The van der Waals surface area contributed by atoms with E-state index in [9.17, 15) is 4.79 Å². The molecule has 0 bridgehead atoms. The molecule has 2 aromatic carbocycles. The van der Waals surface area contributed by atoms with Gasteiger partial charge in [-0.25, -0.2) is 0 Å². The minimum atomic E-state index is -0.0573. The largest absolute Gasteiger partial charge is 0.496 e. The molecule has 1 amide bonds. The molecule has 128 valence electrons. The van der Waals surface area contributed by atoms with E-state index in [0.717, 1.165) is 22.6 Å². The predicted molar refractivity (Wildman–Crippen MR) is 95.7 cm³/mol. The highest BCUT2D eigenvalue weighted by Gasteiger charge is 2.10. The molecule has 0 aliphatic carbocycles. The second-order valence-corrected chi connectivity index (χ2v) is 6.07. The fourth-order valence-electron chi connectivity index (χ4n) is 2.46. The normalized spacial score (nSPS) is 11.7. The summed E-state index contributed by atoms with van der Waals surface area (Å²) in [7, 11) is 1.64. The van der Waals surface area contributed by atoms with Gasteiger partial charge in [0.25, 0.3) is 0 Å². The van der Waals surface area contributed by atoms with Crippen molar-refractivity contribution in [1.29, 1.82) is 0 Å².